The van der Waals surface area contributed by atoms with Crippen LogP contribution in [0.4, 0.5) is 13.2 Å². The van der Waals surface area contributed by atoms with E-state index in [1.54, 1.807) is 26.0 Å². The summed E-state index contributed by atoms with van der Waals surface area (Å²) < 4.78 is 46.7. The van der Waals surface area contributed by atoms with E-state index in [-0.39, 0.29) is 16.9 Å². The fourth-order valence-electron chi connectivity index (χ4n) is 3.75. The van der Waals surface area contributed by atoms with Crippen molar-refractivity contribution in [2.45, 2.75) is 50.4 Å². The lowest BCUT2D eigenvalue weighted by Gasteiger charge is -2.42. The normalized spacial score (nSPS) is 22.2. The molecule has 0 saturated carbocycles. The van der Waals surface area contributed by atoms with Crippen LogP contribution in [0.15, 0.2) is 46.6 Å². The minimum Gasteiger partial charge on any atom is -0.484 e. The van der Waals surface area contributed by atoms with E-state index >= 15 is 0 Å². The highest BCUT2D eigenvalue weighted by Gasteiger charge is 2.65. The van der Waals surface area contributed by atoms with E-state index in [1.165, 1.54) is 25.1 Å². The Hall–Kier alpha value is -2.54. The highest BCUT2D eigenvalue weighted by molar-refractivity contribution is 14.1. The molecule has 2 N–H and O–H groups in total. The third kappa shape index (κ3) is 4.01. The van der Waals surface area contributed by atoms with E-state index in [0.29, 0.717) is 20.4 Å². The lowest BCUT2D eigenvalue weighted by Crippen LogP contribution is -2.53. The molecule has 0 saturated heterocycles. The molecule has 2 heterocycles. The van der Waals surface area contributed by atoms with Crippen molar-refractivity contribution in [3.8, 4) is 5.75 Å². The number of halogens is 4. The van der Waals surface area contributed by atoms with Gasteiger partial charge in [-0.05, 0) is 67.6 Å². The molecule has 7 nitrogen and oxygen atoms in total. The summed E-state index contributed by atoms with van der Waals surface area (Å²) in [4.78, 5) is 25.0. The van der Waals surface area contributed by atoms with E-state index < -0.39 is 35.5 Å². The Bertz CT molecular complexity index is 1190. The number of benzene rings is 2. The van der Waals surface area contributed by atoms with Gasteiger partial charge in [0.05, 0.1) is 9.61 Å². The SMILES string of the molecule is CC(=O)c1cc(I)c2c(c1)C(NC(=O)c1cccc(C3(C(F)(F)F)N=N3)c1)C(O)C(C)(C)O2. The third-order valence-corrected chi connectivity index (χ3v) is 6.52. The minimum atomic E-state index is -4.72. The number of rotatable bonds is 4. The van der Waals surface area contributed by atoms with Gasteiger partial charge >= 0.3 is 11.8 Å². The van der Waals surface area contributed by atoms with Crippen molar-refractivity contribution in [3.05, 3.63) is 62.2 Å². The molecule has 0 spiro atoms. The Morgan fingerprint density at radius 2 is 1.82 bits per heavy atom. The number of aliphatic hydroxyl groups is 1. The fraction of sp³-hybridized carbons (Fsp3) is 0.364. The molecule has 11 heteroatoms. The summed E-state index contributed by atoms with van der Waals surface area (Å²) in [7, 11) is 0. The van der Waals surface area contributed by atoms with Crippen LogP contribution in [0, 0.1) is 3.57 Å². The molecule has 2 aromatic carbocycles. The smallest absolute Gasteiger partial charge is 0.442 e. The van der Waals surface area contributed by atoms with Crippen LogP contribution in [0.3, 0.4) is 0 Å². The number of hydrogen-bond donors (Lipinski definition) is 2. The van der Waals surface area contributed by atoms with Crippen molar-refractivity contribution in [1.29, 1.82) is 0 Å². The van der Waals surface area contributed by atoms with Gasteiger partial charge in [-0.2, -0.15) is 13.2 Å². The lowest BCUT2D eigenvalue weighted by atomic mass is 9.85. The topological polar surface area (TPSA) is 100 Å². The second-order valence-corrected chi connectivity index (χ2v) is 9.65. The fourth-order valence-corrected chi connectivity index (χ4v) is 4.51. The monoisotopic (exact) mass is 573 g/mol. The number of nitrogens with zero attached hydrogens (tertiary/aromatic N) is 2. The molecule has 0 aromatic heterocycles. The Morgan fingerprint density at radius 3 is 2.39 bits per heavy atom. The van der Waals surface area contributed by atoms with Gasteiger partial charge in [-0.25, -0.2) is 0 Å². The van der Waals surface area contributed by atoms with Gasteiger partial charge in [0.2, 0.25) is 0 Å². The van der Waals surface area contributed by atoms with Crippen LogP contribution in [0.1, 0.15) is 58.7 Å². The first kappa shape index (κ1) is 23.6. The van der Waals surface area contributed by atoms with Gasteiger partial charge in [0, 0.05) is 22.3 Å². The zero-order chi connectivity index (χ0) is 24.3. The number of ketones is 1. The number of aliphatic hydroxyl groups excluding tert-OH is 1. The molecule has 4 rings (SSSR count). The molecule has 1 amide bonds. The quantitative estimate of drug-likeness (QED) is 0.410. The summed E-state index contributed by atoms with van der Waals surface area (Å²) >= 11 is 2.01. The summed E-state index contributed by atoms with van der Waals surface area (Å²) in [6.45, 7) is 4.70. The minimum absolute atomic E-state index is 0.0520. The summed E-state index contributed by atoms with van der Waals surface area (Å²) in [5.74, 6) is -0.491. The van der Waals surface area contributed by atoms with Gasteiger partial charge in [0.25, 0.3) is 5.91 Å². The van der Waals surface area contributed by atoms with E-state index in [1.807, 2.05) is 22.6 Å². The van der Waals surface area contributed by atoms with Crippen LogP contribution >= 0.6 is 22.6 Å². The van der Waals surface area contributed by atoms with Crippen LogP contribution in [0.2, 0.25) is 0 Å². The average Bonchev–Trinajstić information content (AvgIpc) is 3.54. The molecule has 2 atom stereocenters. The molecule has 0 bridgehead atoms. The van der Waals surface area contributed by atoms with Crippen LogP contribution in [0.5, 0.6) is 5.75 Å². The first-order valence-electron chi connectivity index (χ1n) is 9.90. The standard InChI is InChI=1S/C22H19F3IN3O4/c1-10(30)12-8-14-16(18(31)20(2,3)33-17(14)15(26)9-12)27-19(32)11-5-4-6-13(7-11)21(28-29-21)22(23,24)25/h4-9,16,18,31H,1-3H3,(H,27,32). The molecule has 2 aliphatic heterocycles. The van der Waals surface area contributed by atoms with Gasteiger partial charge in [-0.15, -0.1) is 10.2 Å². The van der Waals surface area contributed by atoms with E-state index in [4.69, 9.17) is 4.74 Å². The summed E-state index contributed by atoms with van der Waals surface area (Å²) in [6, 6.07) is 7.18. The van der Waals surface area contributed by atoms with Crippen LogP contribution in [0.25, 0.3) is 0 Å². The van der Waals surface area contributed by atoms with Crippen molar-refractivity contribution >= 4 is 34.3 Å². The summed E-state index contributed by atoms with van der Waals surface area (Å²) in [6.07, 6.45) is -5.92. The molecule has 0 aliphatic carbocycles. The van der Waals surface area contributed by atoms with Crippen LogP contribution < -0.4 is 10.1 Å². The van der Waals surface area contributed by atoms with Crippen molar-refractivity contribution < 1.29 is 32.6 Å². The maximum Gasteiger partial charge on any atom is 0.442 e. The Labute approximate surface area is 200 Å². The summed E-state index contributed by atoms with van der Waals surface area (Å²) in [5.41, 5.74) is -3.28. The van der Waals surface area contributed by atoms with Gasteiger partial charge < -0.3 is 15.2 Å². The number of alkyl halides is 3. The average molecular weight is 573 g/mol. The van der Waals surface area contributed by atoms with Gasteiger partial charge in [0.15, 0.2) is 5.78 Å². The number of Topliss-reactive ketones (excluding diaryl/α,β-unsaturated/α-hetero) is 1. The first-order valence-corrected chi connectivity index (χ1v) is 11.0. The Kier molecular flexibility index (Phi) is 5.55. The molecule has 2 aromatic rings. The van der Waals surface area contributed by atoms with Crippen LogP contribution in [-0.2, 0) is 5.66 Å². The second-order valence-electron chi connectivity index (χ2n) is 8.48. The number of carbonyl (C=O) groups excluding carboxylic acids is 2. The van der Waals surface area contributed by atoms with E-state index in [9.17, 15) is 27.9 Å². The number of amides is 1. The van der Waals surface area contributed by atoms with Crippen molar-refractivity contribution in [3.63, 3.8) is 0 Å². The van der Waals surface area contributed by atoms with Crippen molar-refractivity contribution in [2.75, 3.05) is 0 Å². The van der Waals surface area contributed by atoms with Crippen LogP contribution in [-0.4, -0.2) is 34.7 Å². The lowest BCUT2D eigenvalue weighted by molar-refractivity contribution is -0.166. The number of nitrogens with one attached hydrogen (secondary N) is 1. The second kappa shape index (κ2) is 7.76. The van der Waals surface area contributed by atoms with Crippen molar-refractivity contribution in [1.82, 2.24) is 5.32 Å². The third-order valence-electron chi connectivity index (χ3n) is 5.72. The molecule has 33 heavy (non-hydrogen) atoms. The summed E-state index contributed by atoms with van der Waals surface area (Å²) in [5, 5.41) is 20.0. The molecular weight excluding hydrogens is 554 g/mol. The predicted octanol–water partition coefficient (Wildman–Crippen LogP) is 4.68. The number of fused-ring (bicyclic) bond motifs is 1. The van der Waals surface area contributed by atoms with E-state index in [0.717, 1.165) is 6.07 Å². The molecule has 0 radical (unpaired) electrons. The highest BCUT2D eigenvalue weighted by atomic mass is 127. The van der Waals surface area contributed by atoms with E-state index in [2.05, 4.69) is 15.5 Å². The largest absolute Gasteiger partial charge is 0.484 e. The first-order chi connectivity index (χ1) is 15.3. The Morgan fingerprint density at radius 1 is 1.15 bits per heavy atom. The number of carbonyl (C=O) groups is 2. The van der Waals surface area contributed by atoms with Gasteiger partial charge in [-0.1, -0.05) is 12.1 Å². The zero-order valence-corrected chi connectivity index (χ0v) is 19.9. The predicted molar refractivity (Wildman–Crippen MR) is 119 cm³/mol. The molecule has 2 aliphatic rings. The number of hydrogen-bond acceptors (Lipinski definition) is 6. The van der Waals surface area contributed by atoms with Crippen molar-refractivity contribution in [2.24, 2.45) is 10.2 Å². The maximum atomic E-state index is 13.4. The maximum absolute atomic E-state index is 13.4. The molecule has 2 unspecified atom stereocenters. The van der Waals surface area contributed by atoms with Gasteiger partial charge in [0.1, 0.15) is 17.5 Å². The highest BCUT2D eigenvalue weighted by Crippen LogP contribution is 2.52. The Balaban J connectivity index is 1.70. The number of ether oxygens (including phenoxy) is 1. The van der Waals surface area contributed by atoms with Gasteiger partial charge in [-0.3, -0.25) is 9.59 Å². The zero-order valence-electron chi connectivity index (χ0n) is 17.7. The molecule has 0 fully saturated rings. The molecule has 174 valence electrons. The molecular formula is C22H19F3IN3O4.